The first-order valence-corrected chi connectivity index (χ1v) is 8.51. The minimum atomic E-state index is 0.557. The Morgan fingerprint density at radius 3 is 2.77 bits per heavy atom. The van der Waals surface area contributed by atoms with Crippen molar-refractivity contribution in [3.8, 4) is 5.69 Å². The number of thiazole rings is 1. The molecule has 4 nitrogen and oxygen atoms in total. The number of aromatic nitrogens is 4. The summed E-state index contributed by atoms with van der Waals surface area (Å²) in [6.07, 6.45) is 3.16. The van der Waals surface area contributed by atoms with Gasteiger partial charge in [0.15, 0.2) is 5.82 Å². The van der Waals surface area contributed by atoms with Crippen molar-refractivity contribution in [1.29, 1.82) is 0 Å². The fourth-order valence-electron chi connectivity index (χ4n) is 2.61. The molecule has 1 aromatic carbocycles. The number of nitrogens with zero attached hydrogens (tertiary/aromatic N) is 4. The molecule has 0 N–H and O–H groups in total. The molecule has 22 heavy (non-hydrogen) atoms. The molecule has 0 atom stereocenters. The first-order chi connectivity index (χ1) is 10.7. The zero-order valence-electron chi connectivity index (χ0n) is 12.8. The first kappa shape index (κ1) is 13.6. The lowest BCUT2D eigenvalue weighted by Gasteiger charge is -2.05. The van der Waals surface area contributed by atoms with Crippen LogP contribution in [0, 0.1) is 13.8 Å². The molecule has 0 radical (unpaired) electrons. The average Bonchev–Trinajstić information content (AvgIpc) is 3.14. The van der Waals surface area contributed by atoms with Crippen LogP contribution in [0.5, 0.6) is 0 Å². The first-order valence-electron chi connectivity index (χ1n) is 7.63. The normalized spacial score (nSPS) is 14.5. The standard InChI is InChI=1S/C17H18N4S/c1-11-4-3-5-15(8-11)21-16(9-14-10-22-12(2)18-14)19-17(20-21)13-6-7-13/h3-5,8,10,13H,6-7,9H2,1-2H3. The molecule has 1 saturated carbocycles. The summed E-state index contributed by atoms with van der Waals surface area (Å²) in [6.45, 7) is 4.14. The fraction of sp³-hybridized carbons (Fsp3) is 0.353. The molecule has 1 aliphatic rings. The van der Waals surface area contributed by atoms with Gasteiger partial charge in [-0.3, -0.25) is 0 Å². The molecule has 3 aromatic rings. The smallest absolute Gasteiger partial charge is 0.154 e. The molecule has 2 aromatic heterocycles. The minimum absolute atomic E-state index is 0.557. The van der Waals surface area contributed by atoms with Crippen molar-refractivity contribution < 1.29 is 0 Å². The van der Waals surface area contributed by atoms with Crippen LogP contribution in [0.2, 0.25) is 0 Å². The predicted octanol–water partition coefficient (Wildman–Crippen LogP) is 3.81. The van der Waals surface area contributed by atoms with Crippen LogP contribution in [0.3, 0.4) is 0 Å². The fourth-order valence-corrected chi connectivity index (χ4v) is 3.22. The second kappa shape index (κ2) is 5.32. The SMILES string of the molecule is Cc1cccc(-n2nc(C3CC3)nc2Cc2csc(C)n2)c1. The predicted molar refractivity (Wildman–Crippen MR) is 87.7 cm³/mol. The van der Waals surface area contributed by atoms with E-state index in [0.29, 0.717) is 5.92 Å². The maximum Gasteiger partial charge on any atom is 0.154 e. The van der Waals surface area contributed by atoms with Crippen LogP contribution in [-0.4, -0.2) is 19.7 Å². The highest BCUT2D eigenvalue weighted by atomic mass is 32.1. The topological polar surface area (TPSA) is 43.6 Å². The largest absolute Gasteiger partial charge is 0.246 e. The van der Waals surface area contributed by atoms with E-state index in [4.69, 9.17) is 10.1 Å². The molecule has 112 valence electrons. The van der Waals surface area contributed by atoms with E-state index in [0.717, 1.165) is 34.5 Å². The Morgan fingerprint density at radius 2 is 2.09 bits per heavy atom. The molecule has 0 spiro atoms. The molecular formula is C17H18N4S. The number of aryl methyl sites for hydroxylation is 2. The zero-order chi connectivity index (χ0) is 15.1. The van der Waals surface area contributed by atoms with Crippen LogP contribution in [0.15, 0.2) is 29.6 Å². The summed E-state index contributed by atoms with van der Waals surface area (Å²) in [7, 11) is 0. The maximum absolute atomic E-state index is 4.80. The molecular weight excluding hydrogens is 292 g/mol. The van der Waals surface area contributed by atoms with Gasteiger partial charge in [-0.25, -0.2) is 14.6 Å². The summed E-state index contributed by atoms with van der Waals surface area (Å²) in [5, 5.41) is 7.98. The Morgan fingerprint density at radius 1 is 1.23 bits per heavy atom. The Hall–Kier alpha value is -2.01. The van der Waals surface area contributed by atoms with Crippen LogP contribution in [0.1, 0.15) is 46.7 Å². The monoisotopic (exact) mass is 310 g/mol. The van der Waals surface area contributed by atoms with E-state index in [9.17, 15) is 0 Å². The third-order valence-corrected chi connectivity index (χ3v) is 4.71. The highest BCUT2D eigenvalue weighted by molar-refractivity contribution is 7.09. The number of hydrogen-bond acceptors (Lipinski definition) is 4. The van der Waals surface area contributed by atoms with Gasteiger partial charge in [0.1, 0.15) is 5.82 Å². The molecule has 4 rings (SSSR count). The molecule has 2 heterocycles. The van der Waals surface area contributed by atoms with Gasteiger partial charge >= 0.3 is 0 Å². The quantitative estimate of drug-likeness (QED) is 0.736. The van der Waals surface area contributed by atoms with Gasteiger partial charge in [0.2, 0.25) is 0 Å². The van der Waals surface area contributed by atoms with Gasteiger partial charge in [0.05, 0.1) is 22.8 Å². The Balaban J connectivity index is 1.75. The lowest BCUT2D eigenvalue weighted by molar-refractivity contribution is 0.792. The minimum Gasteiger partial charge on any atom is -0.246 e. The number of hydrogen-bond donors (Lipinski definition) is 0. The van der Waals surface area contributed by atoms with E-state index in [2.05, 4.69) is 41.6 Å². The van der Waals surface area contributed by atoms with Crippen LogP contribution in [0.25, 0.3) is 5.69 Å². The number of benzene rings is 1. The molecule has 0 bridgehead atoms. The third kappa shape index (κ3) is 2.68. The number of rotatable bonds is 4. The molecule has 1 aliphatic carbocycles. The molecule has 0 amide bonds. The lowest BCUT2D eigenvalue weighted by atomic mass is 10.2. The van der Waals surface area contributed by atoms with Gasteiger partial charge in [-0.2, -0.15) is 5.10 Å². The van der Waals surface area contributed by atoms with Gasteiger partial charge in [0, 0.05) is 11.3 Å². The molecule has 0 unspecified atom stereocenters. The van der Waals surface area contributed by atoms with E-state index in [1.807, 2.05) is 11.6 Å². The molecule has 1 fully saturated rings. The molecule has 5 heteroatoms. The van der Waals surface area contributed by atoms with Gasteiger partial charge < -0.3 is 0 Å². The second-order valence-corrected chi connectivity index (χ2v) is 7.01. The van der Waals surface area contributed by atoms with E-state index in [1.54, 1.807) is 11.3 Å². The van der Waals surface area contributed by atoms with E-state index < -0.39 is 0 Å². The van der Waals surface area contributed by atoms with Gasteiger partial charge in [-0.1, -0.05) is 12.1 Å². The van der Waals surface area contributed by atoms with Crippen LogP contribution in [-0.2, 0) is 6.42 Å². The Kier molecular flexibility index (Phi) is 3.30. The highest BCUT2D eigenvalue weighted by Gasteiger charge is 2.29. The van der Waals surface area contributed by atoms with E-state index in [-0.39, 0.29) is 0 Å². The van der Waals surface area contributed by atoms with Crippen LogP contribution < -0.4 is 0 Å². The molecule has 0 saturated heterocycles. The summed E-state index contributed by atoms with van der Waals surface area (Å²) in [4.78, 5) is 9.36. The van der Waals surface area contributed by atoms with Crippen molar-refractivity contribution in [2.75, 3.05) is 0 Å². The van der Waals surface area contributed by atoms with E-state index >= 15 is 0 Å². The third-order valence-electron chi connectivity index (χ3n) is 3.89. The summed E-state index contributed by atoms with van der Waals surface area (Å²) in [5.74, 6) is 2.53. The van der Waals surface area contributed by atoms with Crippen molar-refractivity contribution in [2.24, 2.45) is 0 Å². The summed E-state index contributed by atoms with van der Waals surface area (Å²) in [5.41, 5.74) is 3.39. The van der Waals surface area contributed by atoms with Crippen molar-refractivity contribution >= 4 is 11.3 Å². The highest BCUT2D eigenvalue weighted by Crippen LogP contribution is 2.38. The van der Waals surface area contributed by atoms with Crippen molar-refractivity contribution in [1.82, 2.24) is 19.7 Å². The summed E-state index contributed by atoms with van der Waals surface area (Å²) >= 11 is 1.68. The summed E-state index contributed by atoms with van der Waals surface area (Å²) < 4.78 is 2.00. The van der Waals surface area contributed by atoms with Crippen molar-refractivity contribution in [2.45, 2.75) is 39.0 Å². The average molecular weight is 310 g/mol. The second-order valence-electron chi connectivity index (χ2n) is 5.95. The van der Waals surface area contributed by atoms with Gasteiger partial charge in [-0.15, -0.1) is 11.3 Å². The van der Waals surface area contributed by atoms with Crippen molar-refractivity contribution in [3.05, 3.63) is 57.6 Å². The summed E-state index contributed by atoms with van der Waals surface area (Å²) in [6, 6.07) is 8.42. The van der Waals surface area contributed by atoms with Gasteiger partial charge in [-0.05, 0) is 44.4 Å². The van der Waals surface area contributed by atoms with Crippen LogP contribution in [0.4, 0.5) is 0 Å². The van der Waals surface area contributed by atoms with Gasteiger partial charge in [0.25, 0.3) is 0 Å². The lowest BCUT2D eigenvalue weighted by Crippen LogP contribution is -2.04. The van der Waals surface area contributed by atoms with E-state index in [1.165, 1.54) is 18.4 Å². The Bertz CT molecular complexity index is 814. The Labute approximate surface area is 133 Å². The zero-order valence-corrected chi connectivity index (χ0v) is 13.6. The van der Waals surface area contributed by atoms with Crippen molar-refractivity contribution in [3.63, 3.8) is 0 Å². The molecule has 0 aliphatic heterocycles. The maximum atomic E-state index is 4.80. The van der Waals surface area contributed by atoms with Crippen LogP contribution >= 0.6 is 11.3 Å².